The van der Waals surface area contributed by atoms with Gasteiger partial charge < -0.3 is 9.15 Å². The van der Waals surface area contributed by atoms with Crippen LogP contribution < -0.4 is 4.74 Å². The molecule has 0 aliphatic rings. The van der Waals surface area contributed by atoms with Crippen LogP contribution in [0.5, 0.6) is 5.75 Å². The number of nitrogens with zero attached hydrogens (tertiary/aromatic N) is 1. The van der Waals surface area contributed by atoms with Crippen molar-refractivity contribution < 1.29 is 13.4 Å². The monoisotopic (exact) mass is 383 g/mol. The second-order valence-electron chi connectivity index (χ2n) is 7.52. The van der Waals surface area contributed by atoms with E-state index in [0.29, 0.717) is 23.2 Å². The van der Waals surface area contributed by atoms with Gasteiger partial charge in [-0.15, -0.1) is 0 Å². The first-order valence-corrected chi connectivity index (χ1v) is 10.4. The molecule has 0 spiro atoms. The lowest BCUT2D eigenvalue weighted by Crippen LogP contribution is -2.10. The lowest BCUT2D eigenvalue weighted by Gasteiger charge is -2.19. The van der Waals surface area contributed by atoms with Crippen LogP contribution in [0.2, 0.25) is 0 Å². The highest BCUT2D eigenvalue weighted by Gasteiger charge is 2.14. The average molecular weight is 384 g/mol. The van der Waals surface area contributed by atoms with Gasteiger partial charge in [0.15, 0.2) is 5.76 Å². The molecule has 0 saturated carbocycles. The van der Waals surface area contributed by atoms with Crippen molar-refractivity contribution in [2.75, 3.05) is 7.11 Å². The maximum absolute atomic E-state index is 12.5. The van der Waals surface area contributed by atoms with Gasteiger partial charge in [-0.3, -0.25) is 4.21 Å². The third-order valence-corrected chi connectivity index (χ3v) is 5.58. The Bertz CT molecular complexity index is 906. The van der Waals surface area contributed by atoms with E-state index in [1.165, 1.54) is 5.56 Å². The Kier molecular flexibility index (Phi) is 5.80. The first-order chi connectivity index (χ1) is 12.8. The van der Waals surface area contributed by atoms with E-state index in [4.69, 9.17) is 9.15 Å². The lowest BCUT2D eigenvalue weighted by molar-refractivity contribution is 0.415. The summed E-state index contributed by atoms with van der Waals surface area (Å²) in [7, 11) is 0.558. The summed E-state index contributed by atoms with van der Waals surface area (Å²) in [5.41, 5.74) is 3.36. The molecule has 2 aromatic carbocycles. The molecule has 0 aliphatic heterocycles. The molecule has 1 aromatic heterocycles. The second-order valence-corrected chi connectivity index (χ2v) is 8.98. The number of hydrogen-bond donors (Lipinski definition) is 0. The fourth-order valence-corrected chi connectivity index (χ4v) is 3.82. The molecule has 3 rings (SSSR count). The van der Waals surface area contributed by atoms with Gasteiger partial charge in [0.05, 0.1) is 13.3 Å². The minimum absolute atomic E-state index is 0.119. The van der Waals surface area contributed by atoms with Crippen molar-refractivity contribution in [1.82, 2.24) is 4.98 Å². The van der Waals surface area contributed by atoms with Gasteiger partial charge in [0.2, 0.25) is 5.89 Å². The van der Waals surface area contributed by atoms with Crippen molar-refractivity contribution in [2.24, 2.45) is 0 Å². The van der Waals surface area contributed by atoms with Crippen LogP contribution in [-0.4, -0.2) is 16.3 Å². The van der Waals surface area contributed by atoms with Gasteiger partial charge >= 0.3 is 0 Å². The number of methoxy groups -OCH3 is 1. The van der Waals surface area contributed by atoms with E-state index in [0.717, 1.165) is 16.9 Å². The maximum atomic E-state index is 12.5. The maximum Gasteiger partial charge on any atom is 0.207 e. The predicted molar refractivity (Wildman–Crippen MR) is 109 cm³/mol. The largest absolute Gasteiger partial charge is 0.497 e. The quantitative estimate of drug-likeness (QED) is 0.594. The van der Waals surface area contributed by atoms with Crippen LogP contribution >= 0.6 is 0 Å². The molecule has 27 heavy (non-hydrogen) atoms. The Morgan fingerprint density at radius 2 is 1.67 bits per heavy atom. The van der Waals surface area contributed by atoms with E-state index >= 15 is 0 Å². The summed E-state index contributed by atoms with van der Waals surface area (Å²) in [6, 6.07) is 15.9. The summed E-state index contributed by atoms with van der Waals surface area (Å²) in [6.45, 7) is 6.55. The highest BCUT2D eigenvalue weighted by atomic mass is 32.2. The van der Waals surface area contributed by atoms with Crippen LogP contribution in [0.15, 0.2) is 59.1 Å². The van der Waals surface area contributed by atoms with Gasteiger partial charge in [-0.2, -0.15) is 0 Å². The molecule has 4 nitrogen and oxygen atoms in total. The first kappa shape index (κ1) is 19.4. The van der Waals surface area contributed by atoms with Crippen molar-refractivity contribution in [3.63, 3.8) is 0 Å². The van der Waals surface area contributed by atoms with Gasteiger partial charge in [0, 0.05) is 22.1 Å². The third-order valence-electron chi connectivity index (χ3n) is 4.36. The van der Waals surface area contributed by atoms with Crippen molar-refractivity contribution in [2.45, 2.75) is 37.7 Å². The zero-order valence-corrected chi connectivity index (χ0v) is 17.0. The minimum atomic E-state index is -1.07. The second kappa shape index (κ2) is 8.09. The fourth-order valence-electron chi connectivity index (χ4n) is 2.74. The molecular formula is C22H25NO3S. The molecule has 0 amide bonds. The molecule has 3 aromatic rings. The standard InChI is InChI=1S/C22H25NO3S/c1-22(2,3)18-9-5-16(6-10-18)14-27(24)15-21-23-13-20(26-21)17-7-11-19(25-4)12-8-17/h5-13H,14-15H2,1-4H3. The average Bonchev–Trinajstić information content (AvgIpc) is 3.09. The highest BCUT2D eigenvalue weighted by molar-refractivity contribution is 7.83. The summed E-state index contributed by atoms with van der Waals surface area (Å²) in [5, 5.41) is 0. The molecule has 0 aliphatic carbocycles. The van der Waals surface area contributed by atoms with Crippen molar-refractivity contribution in [3.05, 3.63) is 71.7 Å². The van der Waals surface area contributed by atoms with Gasteiger partial charge in [-0.25, -0.2) is 4.98 Å². The molecule has 0 fully saturated rings. The number of hydrogen-bond acceptors (Lipinski definition) is 4. The van der Waals surface area contributed by atoms with E-state index in [-0.39, 0.29) is 5.41 Å². The molecule has 1 atom stereocenters. The molecule has 0 bridgehead atoms. The van der Waals surface area contributed by atoms with Crippen LogP contribution in [0, 0.1) is 0 Å². The zero-order valence-electron chi connectivity index (χ0n) is 16.2. The summed E-state index contributed by atoms with van der Waals surface area (Å²) < 4.78 is 23.4. The third kappa shape index (κ3) is 5.07. The normalized spacial score (nSPS) is 12.7. The summed E-state index contributed by atoms with van der Waals surface area (Å²) in [4.78, 5) is 4.27. The fraction of sp³-hybridized carbons (Fsp3) is 0.318. The Morgan fingerprint density at radius 1 is 1.00 bits per heavy atom. The van der Waals surface area contributed by atoms with Crippen LogP contribution in [0.3, 0.4) is 0 Å². The van der Waals surface area contributed by atoms with Crippen LogP contribution in [0.4, 0.5) is 0 Å². The Balaban J connectivity index is 1.62. The van der Waals surface area contributed by atoms with Crippen LogP contribution in [0.25, 0.3) is 11.3 Å². The minimum Gasteiger partial charge on any atom is -0.497 e. The van der Waals surface area contributed by atoms with Crippen molar-refractivity contribution in [3.8, 4) is 17.1 Å². The predicted octanol–water partition coefficient (Wildman–Crippen LogP) is 5.10. The highest BCUT2D eigenvalue weighted by Crippen LogP contribution is 2.25. The number of benzene rings is 2. The summed E-state index contributed by atoms with van der Waals surface area (Å²) in [5.74, 6) is 2.74. The number of aromatic nitrogens is 1. The van der Waals surface area contributed by atoms with Gasteiger partial charge in [-0.05, 0) is 40.8 Å². The first-order valence-electron chi connectivity index (χ1n) is 8.88. The lowest BCUT2D eigenvalue weighted by atomic mass is 9.87. The molecule has 1 unspecified atom stereocenters. The van der Waals surface area contributed by atoms with Gasteiger partial charge in [0.1, 0.15) is 11.5 Å². The smallest absolute Gasteiger partial charge is 0.207 e. The molecule has 0 N–H and O–H groups in total. The summed E-state index contributed by atoms with van der Waals surface area (Å²) >= 11 is 0. The van der Waals surface area contributed by atoms with Gasteiger partial charge in [0.25, 0.3) is 0 Å². The van der Waals surface area contributed by atoms with E-state index in [1.54, 1.807) is 13.3 Å². The molecule has 0 saturated heterocycles. The molecule has 5 heteroatoms. The van der Waals surface area contributed by atoms with E-state index in [2.05, 4.69) is 50.0 Å². The molecule has 1 heterocycles. The van der Waals surface area contributed by atoms with Crippen molar-refractivity contribution >= 4 is 10.8 Å². The SMILES string of the molecule is COc1ccc(-c2cnc(CS(=O)Cc3ccc(C(C)(C)C)cc3)o2)cc1. The Labute approximate surface area is 163 Å². The number of rotatable bonds is 6. The Hall–Kier alpha value is -2.40. The van der Waals surface area contributed by atoms with Gasteiger partial charge in [-0.1, -0.05) is 45.0 Å². The summed E-state index contributed by atoms with van der Waals surface area (Å²) in [6.07, 6.45) is 1.67. The van der Waals surface area contributed by atoms with E-state index < -0.39 is 10.8 Å². The molecule has 142 valence electrons. The number of oxazole rings is 1. The molecular weight excluding hydrogens is 358 g/mol. The Morgan fingerprint density at radius 3 is 2.26 bits per heavy atom. The van der Waals surface area contributed by atoms with E-state index in [1.807, 2.05) is 24.3 Å². The van der Waals surface area contributed by atoms with Crippen LogP contribution in [-0.2, 0) is 27.7 Å². The topological polar surface area (TPSA) is 52.3 Å². The molecule has 0 radical (unpaired) electrons. The number of ether oxygens (including phenoxy) is 1. The van der Waals surface area contributed by atoms with E-state index in [9.17, 15) is 4.21 Å². The zero-order chi connectivity index (χ0) is 19.4. The van der Waals surface area contributed by atoms with Crippen LogP contribution in [0.1, 0.15) is 37.8 Å². The van der Waals surface area contributed by atoms with Crippen molar-refractivity contribution in [1.29, 1.82) is 0 Å².